The summed E-state index contributed by atoms with van der Waals surface area (Å²) in [6, 6.07) is 3.01. The second kappa shape index (κ2) is 5.88. The summed E-state index contributed by atoms with van der Waals surface area (Å²) in [6.07, 6.45) is 0. The molecule has 0 fully saturated rings. The summed E-state index contributed by atoms with van der Waals surface area (Å²) in [5.74, 6) is -1.33. The number of rotatable bonds is 4. The number of hydrogen-bond donors (Lipinski definition) is 2. The highest BCUT2D eigenvalue weighted by atomic mass is 35.5. The largest absolute Gasteiger partial charge is 0.325 e. The fourth-order valence-electron chi connectivity index (χ4n) is 1.16. The number of sulfonamides is 1. The fourth-order valence-corrected chi connectivity index (χ4v) is 2.21. The minimum absolute atomic E-state index is 0.354. The molecule has 0 saturated carbocycles. The van der Waals surface area contributed by atoms with E-state index >= 15 is 0 Å². The van der Waals surface area contributed by atoms with Crippen LogP contribution < -0.4 is 10.0 Å². The third kappa shape index (κ3) is 4.13. The van der Waals surface area contributed by atoms with Crippen LogP contribution in [0.15, 0.2) is 12.1 Å². The zero-order chi connectivity index (χ0) is 13.9. The molecule has 1 aromatic carbocycles. The maximum Gasteiger partial charge on any atom is 0.240 e. The van der Waals surface area contributed by atoms with Gasteiger partial charge in [-0.3, -0.25) is 4.79 Å². The molecule has 0 radical (unpaired) electrons. The standard InChI is InChI=1S/C10H12Cl2N2O3S/c1-6-8(11)3-7(4-9(6)12)14-10(15)5-18(16,17)13-2/h3-4,13H,5H2,1-2H3,(H,14,15). The minimum Gasteiger partial charge on any atom is -0.325 e. The SMILES string of the molecule is CNS(=O)(=O)CC(=O)Nc1cc(Cl)c(C)c(Cl)c1. The van der Waals surface area contributed by atoms with Gasteiger partial charge in [0.05, 0.1) is 0 Å². The first-order chi connectivity index (χ1) is 8.25. The van der Waals surface area contributed by atoms with Crippen molar-refractivity contribution in [2.75, 3.05) is 18.1 Å². The maximum atomic E-state index is 11.5. The van der Waals surface area contributed by atoms with E-state index in [0.29, 0.717) is 21.3 Å². The van der Waals surface area contributed by atoms with Crippen LogP contribution >= 0.6 is 23.2 Å². The average Bonchev–Trinajstić information content (AvgIpc) is 2.25. The highest BCUT2D eigenvalue weighted by Crippen LogP contribution is 2.27. The van der Waals surface area contributed by atoms with Gasteiger partial charge in [0, 0.05) is 15.7 Å². The molecule has 18 heavy (non-hydrogen) atoms. The van der Waals surface area contributed by atoms with Crippen LogP contribution in [0, 0.1) is 6.92 Å². The van der Waals surface area contributed by atoms with Crippen LogP contribution in [0.3, 0.4) is 0 Å². The van der Waals surface area contributed by atoms with Crippen LogP contribution in [0.2, 0.25) is 10.0 Å². The van der Waals surface area contributed by atoms with E-state index < -0.39 is 21.7 Å². The van der Waals surface area contributed by atoms with Crippen LogP contribution in [0.25, 0.3) is 0 Å². The molecule has 0 atom stereocenters. The van der Waals surface area contributed by atoms with Crippen LogP contribution in [0.1, 0.15) is 5.56 Å². The Kier molecular flexibility index (Phi) is 4.98. The van der Waals surface area contributed by atoms with E-state index in [1.54, 1.807) is 6.92 Å². The molecule has 8 heteroatoms. The van der Waals surface area contributed by atoms with Gasteiger partial charge in [0.25, 0.3) is 0 Å². The Morgan fingerprint density at radius 2 is 1.78 bits per heavy atom. The Balaban J connectivity index is 2.83. The monoisotopic (exact) mass is 310 g/mol. The number of carbonyl (C=O) groups is 1. The van der Waals surface area contributed by atoms with Crippen LogP contribution in [-0.4, -0.2) is 27.1 Å². The summed E-state index contributed by atoms with van der Waals surface area (Å²) in [5, 5.41) is 3.21. The van der Waals surface area contributed by atoms with Gasteiger partial charge in [-0.2, -0.15) is 0 Å². The lowest BCUT2D eigenvalue weighted by atomic mass is 10.2. The molecule has 2 N–H and O–H groups in total. The normalized spacial score (nSPS) is 11.3. The van der Waals surface area contributed by atoms with Gasteiger partial charge in [-0.1, -0.05) is 23.2 Å². The van der Waals surface area contributed by atoms with Crippen molar-refractivity contribution in [3.05, 3.63) is 27.7 Å². The molecule has 0 aromatic heterocycles. The van der Waals surface area contributed by atoms with Gasteiger partial charge in [0.15, 0.2) is 0 Å². The zero-order valence-electron chi connectivity index (χ0n) is 9.75. The first kappa shape index (κ1) is 15.2. The lowest BCUT2D eigenvalue weighted by Gasteiger charge is -2.08. The van der Waals surface area contributed by atoms with Gasteiger partial charge < -0.3 is 5.32 Å². The second-order valence-electron chi connectivity index (χ2n) is 3.58. The van der Waals surface area contributed by atoms with E-state index in [1.807, 2.05) is 4.72 Å². The van der Waals surface area contributed by atoms with Gasteiger partial charge >= 0.3 is 0 Å². The predicted molar refractivity (Wildman–Crippen MR) is 72.7 cm³/mol. The molecule has 0 bridgehead atoms. The molecule has 0 aliphatic rings. The van der Waals surface area contributed by atoms with Crippen molar-refractivity contribution >= 4 is 44.8 Å². The minimum atomic E-state index is -3.60. The number of carbonyl (C=O) groups excluding carboxylic acids is 1. The van der Waals surface area contributed by atoms with E-state index in [1.165, 1.54) is 19.2 Å². The van der Waals surface area contributed by atoms with Crippen molar-refractivity contribution in [2.45, 2.75) is 6.92 Å². The number of anilines is 1. The Bertz CT molecular complexity index is 549. The Labute approximate surface area is 116 Å². The lowest BCUT2D eigenvalue weighted by molar-refractivity contribution is -0.113. The van der Waals surface area contributed by atoms with Crippen molar-refractivity contribution in [1.82, 2.24) is 4.72 Å². The summed E-state index contributed by atoms with van der Waals surface area (Å²) < 4.78 is 24.4. The van der Waals surface area contributed by atoms with Gasteiger partial charge in [0.1, 0.15) is 5.75 Å². The number of halogens is 2. The van der Waals surface area contributed by atoms with Crippen molar-refractivity contribution in [1.29, 1.82) is 0 Å². The quantitative estimate of drug-likeness (QED) is 0.890. The van der Waals surface area contributed by atoms with Crippen LogP contribution in [0.4, 0.5) is 5.69 Å². The van der Waals surface area contributed by atoms with Crippen molar-refractivity contribution in [2.24, 2.45) is 0 Å². The molecule has 1 aromatic rings. The van der Waals surface area contributed by atoms with Gasteiger partial charge in [0.2, 0.25) is 15.9 Å². The van der Waals surface area contributed by atoms with Gasteiger partial charge in [-0.05, 0) is 31.7 Å². The van der Waals surface area contributed by atoms with E-state index in [9.17, 15) is 13.2 Å². The Morgan fingerprint density at radius 1 is 1.28 bits per heavy atom. The molecule has 100 valence electrons. The van der Waals surface area contributed by atoms with Crippen LogP contribution in [-0.2, 0) is 14.8 Å². The topological polar surface area (TPSA) is 75.3 Å². The van der Waals surface area contributed by atoms with E-state index in [4.69, 9.17) is 23.2 Å². The average molecular weight is 311 g/mol. The maximum absolute atomic E-state index is 11.5. The molecule has 5 nitrogen and oxygen atoms in total. The van der Waals surface area contributed by atoms with E-state index in [0.717, 1.165) is 0 Å². The third-order valence-electron chi connectivity index (χ3n) is 2.20. The molecule has 0 saturated heterocycles. The summed E-state index contributed by atoms with van der Waals surface area (Å²) in [5.41, 5.74) is 1.05. The number of nitrogens with one attached hydrogen (secondary N) is 2. The second-order valence-corrected chi connectivity index (χ2v) is 6.32. The smallest absolute Gasteiger partial charge is 0.240 e. The van der Waals surface area contributed by atoms with Crippen molar-refractivity contribution in [3.8, 4) is 0 Å². The predicted octanol–water partition coefficient (Wildman–Crippen LogP) is 1.79. The third-order valence-corrected chi connectivity index (χ3v) is 4.25. The molecule has 1 rings (SSSR count). The van der Waals surface area contributed by atoms with Gasteiger partial charge in [-0.25, -0.2) is 13.1 Å². The molecule has 0 unspecified atom stereocenters. The molecule has 0 aliphatic heterocycles. The summed E-state index contributed by atoms with van der Waals surface area (Å²) in [6.45, 7) is 1.74. The molecule has 0 aliphatic carbocycles. The molecular weight excluding hydrogens is 299 g/mol. The van der Waals surface area contributed by atoms with E-state index in [-0.39, 0.29) is 0 Å². The van der Waals surface area contributed by atoms with Crippen LogP contribution in [0.5, 0.6) is 0 Å². The molecule has 1 amide bonds. The summed E-state index contributed by atoms with van der Waals surface area (Å²) in [7, 11) is -2.36. The summed E-state index contributed by atoms with van der Waals surface area (Å²) in [4.78, 5) is 11.5. The van der Waals surface area contributed by atoms with Gasteiger partial charge in [-0.15, -0.1) is 0 Å². The van der Waals surface area contributed by atoms with Crippen molar-refractivity contribution < 1.29 is 13.2 Å². The Hall–Kier alpha value is -0.820. The number of benzene rings is 1. The van der Waals surface area contributed by atoms with Crippen molar-refractivity contribution in [3.63, 3.8) is 0 Å². The molecular formula is C10H12Cl2N2O3S. The lowest BCUT2D eigenvalue weighted by Crippen LogP contribution is -2.30. The number of hydrogen-bond acceptors (Lipinski definition) is 3. The van der Waals surface area contributed by atoms with E-state index in [2.05, 4.69) is 5.32 Å². The molecule has 0 heterocycles. The first-order valence-electron chi connectivity index (χ1n) is 4.92. The first-order valence-corrected chi connectivity index (χ1v) is 7.32. The zero-order valence-corrected chi connectivity index (χ0v) is 12.1. The molecule has 0 spiro atoms. The summed E-state index contributed by atoms with van der Waals surface area (Å²) >= 11 is 11.8. The fraction of sp³-hybridized carbons (Fsp3) is 0.300. The number of amides is 1. The highest BCUT2D eigenvalue weighted by molar-refractivity contribution is 7.90. The highest BCUT2D eigenvalue weighted by Gasteiger charge is 2.15. The Morgan fingerprint density at radius 3 is 2.22 bits per heavy atom.